The molecule has 2 atom stereocenters. The van der Waals surface area contributed by atoms with Gasteiger partial charge in [-0.25, -0.2) is 0 Å². The topological polar surface area (TPSA) is 41.6 Å². The summed E-state index contributed by atoms with van der Waals surface area (Å²) in [5.41, 5.74) is 1.02. The number of rotatable bonds is 7. The quantitative estimate of drug-likeness (QED) is 0.465. The van der Waals surface area contributed by atoms with E-state index in [2.05, 4.69) is 24.1 Å². The summed E-state index contributed by atoms with van der Waals surface area (Å²) >= 11 is 12.6. The molecule has 0 unspecified atom stereocenters. The van der Waals surface area contributed by atoms with E-state index in [1.807, 2.05) is 36.4 Å². The van der Waals surface area contributed by atoms with Crippen molar-refractivity contribution in [3.05, 3.63) is 58.1 Å². The lowest BCUT2D eigenvalue weighted by Crippen LogP contribution is -2.40. The number of nitrogens with one attached hydrogen (secondary N) is 1. The first-order valence-corrected chi connectivity index (χ1v) is 12.8. The molecule has 6 heteroatoms. The molecule has 1 N–H and O–H groups in total. The minimum absolute atomic E-state index is 0.00812. The number of carbonyl (C=O) groups excluding carboxylic acids is 1. The predicted octanol–water partition coefficient (Wildman–Crippen LogP) is 6.80. The Morgan fingerprint density at radius 3 is 2.36 bits per heavy atom. The summed E-state index contributed by atoms with van der Waals surface area (Å²) in [5.74, 6) is 2.32. The summed E-state index contributed by atoms with van der Waals surface area (Å²) in [6.45, 7) is 8.57. The monoisotopic (exact) mass is 488 g/mol. The fraction of sp³-hybridized carbons (Fsp3) is 0.519. The molecule has 0 aromatic heterocycles. The van der Waals surface area contributed by atoms with E-state index in [-0.39, 0.29) is 5.91 Å². The molecule has 1 saturated heterocycles. The Bertz CT molecular complexity index is 947. The Labute approximate surface area is 207 Å². The third kappa shape index (κ3) is 5.85. The summed E-state index contributed by atoms with van der Waals surface area (Å²) in [7, 11) is 0. The summed E-state index contributed by atoms with van der Waals surface area (Å²) in [6, 6.07) is 13.1. The lowest BCUT2D eigenvalue weighted by molar-refractivity contribution is -0.121. The van der Waals surface area contributed by atoms with Gasteiger partial charge in [0, 0.05) is 35.4 Å². The minimum atomic E-state index is -0.612. The number of ether oxygens (including phenoxy) is 1. The number of hydrogen-bond donors (Lipinski definition) is 1. The maximum absolute atomic E-state index is 13.4. The molecule has 2 aliphatic rings. The number of anilines is 1. The Balaban J connectivity index is 1.35. The highest BCUT2D eigenvalue weighted by molar-refractivity contribution is 6.35. The van der Waals surface area contributed by atoms with Crippen LogP contribution in [0.2, 0.25) is 10.0 Å². The number of piperidine rings is 1. The van der Waals surface area contributed by atoms with Gasteiger partial charge in [-0.2, -0.15) is 0 Å². The lowest BCUT2D eigenvalue weighted by Gasteiger charge is -2.34. The van der Waals surface area contributed by atoms with Crippen LogP contribution in [0.1, 0.15) is 51.5 Å². The fourth-order valence-electron chi connectivity index (χ4n) is 5.63. The molecule has 0 radical (unpaired) electrons. The van der Waals surface area contributed by atoms with Gasteiger partial charge >= 0.3 is 0 Å². The zero-order chi connectivity index (χ0) is 23.4. The molecule has 0 spiro atoms. The second kappa shape index (κ2) is 10.7. The van der Waals surface area contributed by atoms with Crippen molar-refractivity contribution < 1.29 is 9.53 Å². The van der Waals surface area contributed by atoms with Crippen molar-refractivity contribution in [2.45, 2.75) is 51.4 Å². The molecule has 1 amide bonds. The maximum Gasteiger partial charge on any atom is 0.235 e. The number of likely N-dealkylation sites (tertiary alicyclic amines) is 1. The number of nitrogens with zero attached hydrogens (tertiary/aromatic N) is 1. The summed E-state index contributed by atoms with van der Waals surface area (Å²) in [4.78, 5) is 15.9. The van der Waals surface area contributed by atoms with Crippen LogP contribution in [0.25, 0.3) is 0 Å². The van der Waals surface area contributed by atoms with Crippen molar-refractivity contribution in [2.24, 2.45) is 11.8 Å². The van der Waals surface area contributed by atoms with E-state index in [9.17, 15) is 4.79 Å². The van der Waals surface area contributed by atoms with Crippen LogP contribution >= 0.6 is 23.2 Å². The van der Waals surface area contributed by atoms with Crippen molar-refractivity contribution in [1.29, 1.82) is 0 Å². The highest BCUT2D eigenvalue weighted by Crippen LogP contribution is 2.45. The molecule has 33 heavy (non-hydrogen) atoms. The van der Waals surface area contributed by atoms with Gasteiger partial charge in [0.1, 0.15) is 12.4 Å². The van der Waals surface area contributed by atoms with E-state index in [1.54, 1.807) is 6.07 Å². The molecule has 2 aromatic carbocycles. The summed E-state index contributed by atoms with van der Waals surface area (Å²) in [5, 5.41) is 4.25. The molecule has 4 rings (SSSR count). The van der Waals surface area contributed by atoms with Crippen LogP contribution in [0, 0.1) is 11.8 Å². The van der Waals surface area contributed by atoms with Gasteiger partial charge < -0.3 is 10.1 Å². The zero-order valence-corrected chi connectivity index (χ0v) is 21.1. The van der Waals surface area contributed by atoms with E-state index >= 15 is 0 Å². The lowest BCUT2D eigenvalue weighted by atomic mass is 9.78. The minimum Gasteiger partial charge on any atom is -0.492 e. The molecule has 2 fully saturated rings. The second-order valence-corrected chi connectivity index (χ2v) is 10.8. The van der Waals surface area contributed by atoms with Crippen LogP contribution in [-0.2, 0) is 10.2 Å². The van der Waals surface area contributed by atoms with Crippen LogP contribution in [0.3, 0.4) is 0 Å². The van der Waals surface area contributed by atoms with Crippen molar-refractivity contribution in [2.75, 3.05) is 31.6 Å². The van der Waals surface area contributed by atoms with E-state index in [0.29, 0.717) is 16.7 Å². The first-order chi connectivity index (χ1) is 15.9. The molecular formula is C27H34Cl2N2O2. The Morgan fingerprint density at radius 2 is 1.73 bits per heavy atom. The van der Waals surface area contributed by atoms with Gasteiger partial charge in [-0.3, -0.25) is 9.69 Å². The highest BCUT2D eigenvalue weighted by Gasteiger charge is 2.44. The van der Waals surface area contributed by atoms with E-state index < -0.39 is 5.41 Å². The van der Waals surface area contributed by atoms with Crippen molar-refractivity contribution in [3.8, 4) is 5.75 Å². The highest BCUT2D eigenvalue weighted by atomic mass is 35.5. The van der Waals surface area contributed by atoms with E-state index in [1.165, 1.54) is 6.42 Å². The predicted molar refractivity (Wildman–Crippen MR) is 137 cm³/mol. The number of halogens is 2. The van der Waals surface area contributed by atoms with Gasteiger partial charge in [0.15, 0.2) is 0 Å². The molecule has 1 heterocycles. The van der Waals surface area contributed by atoms with Crippen LogP contribution in [0.4, 0.5) is 5.69 Å². The summed E-state index contributed by atoms with van der Waals surface area (Å²) < 4.78 is 5.97. The second-order valence-electron chi connectivity index (χ2n) is 9.95. The van der Waals surface area contributed by atoms with Crippen LogP contribution in [-0.4, -0.2) is 37.0 Å². The third-order valence-corrected chi connectivity index (χ3v) is 7.62. The first kappa shape index (κ1) is 24.4. The van der Waals surface area contributed by atoms with Crippen LogP contribution in [0.5, 0.6) is 5.75 Å². The maximum atomic E-state index is 13.4. The first-order valence-electron chi connectivity index (χ1n) is 12.1. The number of hydrogen-bond acceptors (Lipinski definition) is 3. The number of amides is 1. The van der Waals surface area contributed by atoms with Crippen LogP contribution in [0.15, 0.2) is 42.5 Å². The van der Waals surface area contributed by atoms with Gasteiger partial charge in [-0.15, -0.1) is 0 Å². The van der Waals surface area contributed by atoms with Gasteiger partial charge in [-0.05, 0) is 73.1 Å². The molecule has 1 aliphatic carbocycles. The number of benzene rings is 2. The Kier molecular flexibility index (Phi) is 7.88. The average molecular weight is 489 g/mol. The normalized spacial score (nSPS) is 22.8. The fourth-order valence-corrected chi connectivity index (χ4v) is 6.22. The van der Waals surface area contributed by atoms with Crippen LogP contribution < -0.4 is 10.1 Å². The van der Waals surface area contributed by atoms with Crippen molar-refractivity contribution >= 4 is 34.8 Å². The molecule has 4 nitrogen and oxygen atoms in total. The largest absolute Gasteiger partial charge is 0.492 e. The number of carbonyl (C=O) groups is 1. The molecule has 2 aromatic rings. The SMILES string of the molecule is C[C@@H]1C[C@@H](C)CN(CCOc2ccc(NC(=O)C3(c4ccc(Cl)cc4Cl)CCCC3)cc2)C1. The molecule has 0 bridgehead atoms. The molecule has 178 valence electrons. The van der Waals surface area contributed by atoms with Crippen molar-refractivity contribution in [1.82, 2.24) is 4.90 Å². The van der Waals surface area contributed by atoms with Gasteiger partial charge in [-0.1, -0.05) is 56.0 Å². The molecule has 1 saturated carbocycles. The van der Waals surface area contributed by atoms with Gasteiger partial charge in [0.25, 0.3) is 0 Å². The zero-order valence-electron chi connectivity index (χ0n) is 19.6. The smallest absolute Gasteiger partial charge is 0.235 e. The Hall–Kier alpha value is -1.75. The van der Waals surface area contributed by atoms with Gasteiger partial charge in [0.05, 0.1) is 5.41 Å². The van der Waals surface area contributed by atoms with E-state index in [4.69, 9.17) is 27.9 Å². The van der Waals surface area contributed by atoms with Gasteiger partial charge in [0.2, 0.25) is 5.91 Å². The summed E-state index contributed by atoms with van der Waals surface area (Å²) in [6.07, 6.45) is 4.90. The van der Waals surface area contributed by atoms with E-state index in [0.717, 1.165) is 74.2 Å². The average Bonchev–Trinajstić information content (AvgIpc) is 3.25. The standard InChI is InChI=1S/C27H34Cl2N2O2/c1-19-15-20(2)18-31(17-19)13-14-33-23-8-6-22(7-9-23)30-26(32)27(11-3-4-12-27)24-10-5-21(28)16-25(24)29/h5-10,16,19-20H,3-4,11-15,17-18H2,1-2H3,(H,30,32)/t19-,20-/m1/s1. The third-order valence-electron chi connectivity index (χ3n) is 7.07. The Morgan fingerprint density at radius 1 is 1.06 bits per heavy atom. The molecular weight excluding hydrogens is 455 g/mol. The van der Waals surface area contributed by atoms with Crippen molar-refractivity contribution in [3.63, 3.8) is 0 Å². The molecule has 1 aliphatic heterocycles.